The minimum absolute atomic E-state index is 0.346. The maximum absolute atomic E-state index is 11.2. The second-order valence-corrected chi connectivity index (χ2v) is 5.31. The van der Waals surface area contributed by atoms with Crippen LogP contribution in [-0.4, -0.2) is 19.6 Å². The van der Waals surface area contributed by atoms with Gasteiger partial charge in [-0.25, -0.2) is 0 Å². The number of hydrogen-bond acceptors (Lipinski definition) is 4. The van der Waals surface area contributed by atoms with E-state index in [-0.39, 0.29) is 0 Å². The molecule has 0 amide bonds. The lowest BCUT2D eigenvalue weighted by Crippen LogP contribution is -2.10. The molecule has 1 aromatic rings. The molecule has 1 atom stereocenters. The molecule has 0 radical (unpaired) electrons. The van der Waals surface area contributed by atoms with Gasteiger partial charge in [0.1, 0.15) is 16.7 Å². The van der Waals surface area contributed by atoms with E-state index in [1.54, 1.807) is 19.1 Å². The van der Waals surface area contributed by atoms with Gasteiger partial charge in [-0.2, -0.15) is 8.42 Å². The third-order valence-electron chi connectivity index (χ3n) is 2.39. The van der Waals surface area contributed by atoms with Gasteiger partial charge in [-0.15, -0.1) is 0 Å². The molecule has 0 spiro atoms. The van der Waals surface area contributed by atoms with E-state index < -0.39 is 15.4 Å². The number of benzene rings is 1. The van der Waals surface area contributed by atoms with Crippen molar-refractivity contribution < 1.29 is 22.4 Å². The maximum atomic E-state index is 11.2. The van der Waals surface area contributed by atoms with Gasteiger partial charge < -0.3 is 9.47 Å². The van der Waals surface area contributed by atoms with Gasteiger partial charge in [0.25, 0.3) is 10.1 Å². The van der Waals surface area contributed by atoms with Crippen LogP contribution in [0.4, 0.5) is 0 Å². The lowest BCUT2D eigenvalue weighted by atomic mass is 10.1. The molecule has 0 aliphatic rings. The van der Waals surface area contributed by atoms with Crippen LogP contribution in [0.1, 0.15) is 24.7 Å². The smallest absolute Gasteiger partial charge is 0.271 e. The molecular formula is C12H16O5S. The maximum Gasteiger partial charge on any atom is 0.271 e. The van der Waals surface area contributed by atoms with Crippen LogP contribution in [0.15, 0.2) is 31.0 Å². The molecular weight excluding hydrogens is 256 g/mol. The van der Waals surface area contributed by atoms with E-state index in [2.05, 4.69) is 6.58 Å². The summed E-state index contributed by atoms with van der Waals surface area (Å²) in [6, 6.07) is 4.73. The molecule has 100 valence electrons. The van der Waals surface area contributed by atoms with E-state index in [0.717, 1.165) is 0 Å². The van der Waals surface area contributed by atoms with E-state index in [1.165, 1.54) is 19.3 Å². The standard InChI is InChI=1S/C12H16O5S/c1-4-16-10-6-7-12(17-5-2)11(8-10)9(3)18(13,14)15/h4,6-9H,1,5H2,2-3H3,(H,13,14,15). The average Bonchev–Trinajstić information content (AvgIpc) is 2.29. The highest BCUT2D eigenvalue weighted by Gasteiger charge is 2.23. The molecule has 0 saturated carbocycles. The Hall–Kier alpha value is -1.53. The van der Waals surface area contributed by atoms with Crippen molar-refractivity contribution in [1.29, 1.82) is 0 Å². The Morgan fingerprint density at radius 2 is 2.17 bits per heavy atom. The van der Waals surface area contributed by atoms with Gasteiger partial charge in [0.05, 0.1) is 12.9 Å². The molecule has 0 fully saturated rings. The van der Waals surface area contributed by atoms with Gasteiger partial charge in [-0.1, -0.05) is 6.58 Å². The van der Waals surface area contributed by atoms with Crippen LogP contribution in [0, 0.1) is 0 Å². The van der Waals surface area contributed by atoms with Crippen LogP contribution >= 0.6 is 0 Å². The molecule has 1 N–H and O–H groups in total. The Morgan fingerprint density at radius 1 is 1.50 bits per heavy atom. The molecule has 6 heteroatoms. The summed E-state index contributed by atoms with van der Waals surface area (Å²) in [6.07, 6.45) is 1.23. The van der Waals surface area contributed by atoms with E-state index in [0.29, 0.717) is 23.7 Å². The van der Waals surface area contributed by atoms with Crippen LogP contribution in [-0.2, 0) is 10.1 Å². The molecule has 1 unspecified atom stereocenters. The van der Waals surface area contributed by atoms with E-state index in [1.807, 2.05) is 0 Å². The highest BCUT2D eigenvalue weighted by Crippen LogP contribution is 2.33. The van der Waals surface area contributed by atoms with Gasteiger partial charge in [0.2, 0.25) is 0 Å². The summed E-state index contributed by atoms with van der Waals surface area (Å²) in [5, 5.41) is -1.09. The third kappa shape index (κ3) is 3.48. The van der Waals surface area contributed by atoms with Crippen LogP contribution in [0.3, 0.4) is 0 Å². The molecule has 0 bridgehead atoms. The van der Waals surface area contributed by atoms with Crippen molar-refractivity contribution in [1.82, 2.24) is 0 Å². The Kier molecular flexibility index (Phi) is 4.75. The first-order valence-electron chi connectivity index (χ1n) is 5.40. The lowest BCUT2D eigenvalue weighted by Gasteiger charge is -2.15. The molecule has 18 heavy (non-hydrogen) atoms. The Balaban J connectivity index is 3.26. The van der Waals surface area contributed by atoms with Crippen molar-refractivity contribution in [2.75, 3.05) is 6.61 Å². The molecule has 1 rings (SSSR count). The van der Waals surface area contributed by atoms with Gasteiger partial charge >= 0.3 is 0 Å². The van der Waals surface area contributed by atoms with Crippen LogP contribution in [0.5, 0.6) is 11.5 Å². The zero-order valence-corrected chi connectivity index (χ0v) is 11.1. The zero-order valence-electron chi connectivity index (χ0n) is 10.3. The largest absolute Gasteiger partial charge is 0.494 e. The Morgan fingerprint density at radius 3 is 2.67 bits per heavy atom. The van der Waals surface area contributed by atoms with Crippen molar-refractivity contribution in [3.63, 3.8) is 0 Å². The minimum atomic E-state index is -4.19. The first-order chi connectivity index (χ1) is 8.40. The molecule has 0 aliphatic carbocycles. The molecule has 0 saturated heterocycles. The van der Waals surface area contributed by atoms with Gasteiger partial charge in [-0.05, 0) is 32.0 Å². The summed E-state index contributed by atoms with van der Waals surface area (Å²) in [6.45, 7) is 6.98. The van der Waals surface area contributed by atoms with Crippen LogP contribution in [0.25, 0.3) is 0 Å². The van der Waals surface area contributed by atoms with Crippen molar-refractivity contribution >= 4 is 10.1 Å². The third-order valence-corrected chi connectivity index (χ3v) is 3.53. The zero-order chi connectivity index (χ0) is 13.8. The predicted molar refractivity (Wildman–Crippen MR) is 68.4 cm³/mol. The summed E-state index contributed by atoms with van der Waals surface area (Å²) < 4.78 is 41.9. The number of rotatable bonds is 6. The SMILES string of the molecule is C=COc1ccc(OCC)c(C(C)S(=O)(=O)O)c1. The van der Waals surface area contributed by atoms with Gasteiger partial charge in [0, 0.05) is 5.56 Å². The number of hydrogen-bond donors (Lipinski definition) is 1. The predicted octanol–water partition coefficient (Wildman–Crippen LogP) is 2.56. The Labute approximate surface area is 107 Å². The summed E-state index contributed by atoms with van der Waals surface area (Å²) in [5.41, 5.74) is 0.346. The Bertz CT molecular complexity index is 521. The second-order valence-electron chi connectivity index (χ2n) is 3.57. The second kappa shape index (κ2) is 5.88. The lowest BCUT2D eigenvalue weighted by molar-refractivity contribution is 0.335. The molecule has 0 aliphatic heterocycles. The van der Waals surface area contributed by atoms with Gasteiger partial charge in [0.15, 0.2) is 0 Å². The first kappa shape index (κ1) is 14.5. The minimum Gasteiger partial charge on any atom is -0.494 e. The van der Waals surface area contributed by atoms with Crippen molar-refractivity contribution in [3.8, 4) is 11.5 Å². The van der Waals surface area contributed by atoms with E-state index in [9.17, 15) is 8.42 Å². The molecule has 0 aromatic heterocycles. The normalized spacial score (nSPS) is 12.8. The van der Waals surface area contributed by atoms with E-state index >= 15 is 0 Å². The van der Waals surface area contributed by atoms with Crippen LogP contribution in [0.2, 0.25) is 0 Å². The molecule has 0 heterocycles. The quantitative estimate of drug-likeness (QED) is 0.636. The van der Waals surface area contributed by atoms with E-state index in [4.69, 9.17) is 14.0 Å². The fourth-order valence-electron chi connectivity index (χ4n) is 1.46. The average molecular weight is 272 g/mol. The number of ether oxygens (including phenoxy) is 2. The summed E-state index contributed by atoms with van der Waals surface area (Å²) in [5.74, 6) is 0.831. The summed E-state index contributed by atoms with van der Waals surface area (Å²) in [4.78, 5) is 0. The highest BCUT2D eigenvalue weighted by atomic mass is 32.2. The monoisotopic (exact) mass is 272 g/mol. The van der Waals surface area contributed by atoms with Crippen molar-refractivity contribution in [2.24, 2.45) is 0 Å². The summed E-state index contributed by atoms with van der Waals surface area (Å²) >= 11 is 0. The highest BCUT2D eigenvalue weighted by molar-refractivity contribution is 7.86. The molecule has 1 aromatic carbocycles. The fourth-order valence-corrected chi connectivity index (χ4v) is 1.97. The topological polar surface area (TPSA) is 72.8 Å². The molecule has 5 nitrogen and oxygen atoms in total. The summed E-state index contributed by atoms with van der Waals surface area (Å²) in [7, 11) is -4.19. The van der Waals surface area contributed by atoms with Crippen LogP contribution < -0.4 is 9.47 Å². The first-order valence-corrected chi connectivity index (χ1v) is 6.91. The fraction of sp³-hybridized carbons (Fsp3) is 0.333. The van der Waals surface area contributed by atoms with Crippen molar-refractivity contribution in [2.45, 2.75) is 19.1 Å². The van der Waals surface area contributed by atoms with Crippen molar-refractivity contribution in [3.05, 3.63) is 36.6 Å². The van der Waals surface area contributed by atoms with Gasteiger partial charge in [-0.3, -0.25) is 4.55 Å².